The van der Waals surface area contributed by atoms with E-state index in [0.717, 1.165) is 0 Å². The lowest BCUT2D eigenvalue weighted by Gasteiger charge is -2.06. The van der Waals surface area contributed by atoms with Crippen LogP contribution in [0, 0.1) is 6.07 Å². The van der Waals surface area contributed by atoms with E-state index in [4.69, 9.17) is 0 Å². The van der Waals surface area contributed by atoms with E-state index in [-0.39, 0.29) is 0 Å². The van der Waals surface area contributed by atoms with E-state index in [0.29, 0.717) is 0 Å². The smallest absolute Gasteiger partial charge is 0.0171 e. The average Bonchev–Trinajstić information content (AvgIpc) is 2.62. The zero-order valence-electron chi connectivity index (χ0n) is 15.0. The second kappa shape index (κ2) is 8.87. The number of benzene rings is 3. The van der Waals surface area contributed by atoms with E-state index in [1.54, 1.807) is 0 Å². The molecular formula is C24H29. The molecule has 0 heterocycles. The molecule has 24 heavy (non-hydrogen) atoms. The van der Waals surface area contributed by atoms with Crippen LogP contribution < -0.4 is 0 Å². The number of rotatable bonds is 9. The lowest BCUT2D eigenvalue weighted by molar-refractivity contribution is 0.575. The first-order valence-corrected chi connectivity index (χ1v) is 9.69. The minimum Gasteiger partial charge on any atom is -0.0654 e. The molecule has 0 N–H and O–H groups in total. The molecule has 0 aliphatic heterocycles. The maximum Gasteiger partial charge on any atom is -0.0171 e. The highest BCUT2D eigenvalue weighted by Crippen LogP contribution is 2.24. The van der Waals surface area contributed by atoms with Gasteiger partial charge in [0.25, 0.3) is 0 Å². The third-order valence-electron chi connectivity index (χ3n) is 5.02. The Morgan fingerprint density at radius 3 is 2.21 bits per heavy atom. The van der Waals surface area contributed by atoms with Gasteiger partial charge in [0.2, 0.25) is 0 Å². The highest BCUT2D eigenvalue weighted by Gasteiger charge is 2.00. The van der Waals surface area contributed by atoms with Crippen LogP contribution in [0.2, 0.25) is 0 Å². The molecule has 0 nitrogen and oxygen atoms in total. The van der Waals surface area contributed by atoms with Gasteiger partial charge in [-0.15, -0.1) is 0 Å². The summed E-state index contributed by atoms with van der Waals surface area (Å²) in [5, 5.41) is 5.29. The molecule has 3 aromatic carbocycles. The molecule has 3 aromatic rings. The molecule has 0 aromatic heterocycles. The normalized spacial score (nSPS) is 11.4. The predicted molar refractivity (Wildman–Crippen MR) is 107 cm³/mol. The van der Waals surface area contributed by atoms with Gasteiger partial charge in [0.15, 0.2) is 0 Å². The minimum atomic E-state index is 1.21. The Bertz CT molecular complexity index is 769. The molecule has 0 spiro atoms. The zero-order valence-corrected chi connectivity index (χ0v) is 15.0. The van der Waals surface area contributed by atoms with Crippen LogP contribution in [0.15, 0.2) is 48.5 Å². The van der Waals surface area contributed by atoms with E-state index in [1.807, 2.05) is 6.07 Å². The van der Waals surface area contributed by atoms with Crippen molar-refractivity contribution in [1.82, 2.24) is 0 Å². The topological polar surface area (TPSA) is 0 Å². The number of unbranched alkanes of at least 4 members (excludes halogenated alkanes) is 7. The fourth-order valence-electron chi connectivity index (χ4n) is 3.55. The van der Waals surface area contributed by atoms with Gasteiger partial charge in [0, 0.05) is 0 Å². The van der Waals surface area contributed by atoms with Crippen LogP contribution in [0.25, 0.3) is 21.5 Å². The van der Waals surface area contributed by atoms with Crippen molar-refractivity contribution in [3.05, 3.63) is 60.2 Å². The highest BCUT2D eigenvalue weighted by atomic mass is 14.1. The third kappa shape index (κ3) is 4.60. The number of fused-ring (bicyclic) bond motifs is 2. The first-order valence-electron chi connectivity index (χ1n) is 9.69. The summed E-state index contributed by atoms with van der Waals surface area (Å²) in [5.41, 5.74) is 1.48. The van der Waals surface area contributed by atoms with Crippen molar-refractivity contribution in [3.8, 4) is 0 Å². The van der Waals surface area contributed by atoms with Gasteiger partial charge in [-0.05, 0) is 64.2 Å². The van der Waals surface area contributed by atoms with E-state index in [2.05, 4.69) is 55.5 Å². The Morgan fingerprint density at radius 2 is 1.38 bits per heavy atom. The fourth-order valence-corrected chi connectivity index (χ4v) is 3.55. The van der Waals surface area contributed by atoms with Crippen molar-refractivity contribution in [2.24, 2.45) is 0 Å². The third-order valence-corrected chi connectivity index (χ3v) is 5.02. The summed E-state index contributed by atoms with van der Waals surface area (Å²) in [6.07, 6.45) is 12.3. The Labute approximate surface area is 146 Å². The number of hydrogen-bond acceptors (Lipinski definition) is 0. The Balaban J connectivity index is 1.53. The van der Waals surface area contributed by atoms with E-state index in [9.17, 15) is 0 Å². The maximum atomic E-state index is 3.18. The predicted octanol–water partition coefficient (Wildman–Crippen LogP) is 7.48. The lowest BCUT2D eigenvalue weighted by Crippen LogP contribution is -1.87. The van der Waals surface area contributed by atoms with Crippen molar-refractivity contribution < 1.29 is 0 Å². The molecule has 3 rings (SSSR count). The first-order chi connectivity index (χ1) is 11.9. The van der Waals surface area contributed by atoms with Gasteiger partial charge in [0.05, 0.1) is 0 Å². The summed E-state index contributed by atoms with van der Waals surface area (Å²) in [6, 6.07) is 21.0. The van der Waals surface area contributed by atoms with Gasteiger partial charge in [-0.3, -0.25) is 0 Å². The summed E-state index contributed by atoms with van der Waals surface area (Å²) in [5.74, 6) is 0. The standard InChI is InChI=1S/C24H29/c1-2-3-4-5-6-7-8-9-12-20-15-16-23-18-21-13-10-11-14-22(21)19-24(23)17-20/h10,13-19H,2-9,12H2,1H3. The van der Waals surface area contributed by atoms with Crippen LogP contribution in [-0.2, 0) is 6.42 Å². The second-order valence-corrected chi connectivity index (χ2v) is 7.03. The van der Waals surface area contributed by atoms with Crippen LogP contribution in [0.1, 0.15) is 63.9 Å². The van der Waals surface area contributed by atoms with E-state index < -0.39 is 0 Å². The van der Waals surface area contributed by atoms with Crippen LogP contribution in [0.5, 0.6) is 0 Å². The summed E-state index contributed by atoms with van der Waals surface area (Å²) in [4.78, 5) is 0. The molecule has 0 heteroatoms. The first kappa shape index (κ1) is 17.0. The molecule has 0 atom stereocenters. The van der Waals surface area contributed by atoms with Crippen molar-refractivity contribution in [2.75, 3.05) is 0 Å². The Hall–Kier alpha value is -1.82. The molecular weight excluding hydrogens is 288 g/mol. The molecule has 0 amide bonds. The van der Waals surface area contributed by atoms with Gasteiger partial charge >= 0.3 is 0 Å². The SMILES string of the molecule is CCCCCCCCCCc1ccc2cc3cc[c]cc3cc2c1. The maximum absolute atomic E-state index is 3.18. The summed E-state index contributed by atoms with van der Waals surface area (Å²) < 4.78 is 0. The number of hydrogen-bond donors (Lipinski definition) is 0. The van der Waals surface area contributed by atoms with Crippen molar-refractivity contribution in [1.29, 1.82) is 0 Å². The van der Waals surface area contributed by atoms with Crippen LogP contribution in [0.3, 0.4) is 0 Å². The monoisotopic (exact) mass is 317 g/mol. The molecule has 0 saturated carbocycles. The average molecular weight is 317 g/mol. The fraction of sp³-hybridized carbons (Fsp3) is 0.417. The largest absolute Gasteiger partial charge is 0.0654 e. The molecule has 0 bridgehead atoms. The van der Waals surface area contributed by atoms with Gasteiger partial charge in [-0.1, -0.05) is 82.2 Å². The lowest BCUT2D eigenvalue weighted by atomic mass is 9.99. The van der Waals surface area contributed by atoms with Crippen molar-refractivity contribution in [3.63, 3.8) is 0 Å². The molecule has 0 aliphatic rings. The minimum absolute atomic E-state index is 1.21. The van der Waals surface area contributed by atoms with Crippen LogP contribution in [0.4, 0.5) is 0 Å². The molecule has 125 valence electrons. The van der Waals surface area contributed by atoms with Gasteiger partial charge in [-0.2, -0.15) is 0 Å². The quantitative estimate of drug-likeness (QED) is 0.283. The Morgan fingerprint density at radius 1 is 0.667 bits per heavy atom. The van der Waals surface area contributed by atoms with E-state index in [1.165, 1.54) is 84.9 Å². The van der Waals surface area contributed by atoms with Crippen molar-refractivity contribution in [2.45, 2.75) is 64.7 Å². The molecule has 0 fully saturated rings. The van der Waals surface area contributed by atoms with Gasteiger partial charge in [0.1, 0.15) is 0 Å². The summed E-state index contributed by atoms with van der Waals surface area (Å²) >= 11 is 0. The molecule has 1 radical (unpaired) electrons. The summed E-state index contributed by atoms with van der Waals surface area (Å²) in [7, 11) is 0. The van der Waals surface area contributed by atoms with Crippen LogP contribution >= 0.6 is 0 Å². The van der Waals surface area contributed by atoms with Crippen LogP contribution in [-0.4, -0.2) is 0 Å². The highest BCUT2D eigenvalue weighted by molar-refractivity contribution is 5.98. The van der Waals surface area contributed by atoms with Crippen molar-refractivity contribution >= 4 is 21.5 Å². The van der Waals surface area contributed by atoms with Gasteiger partial charge < -0.3 is 0 Å². The van der Waals surface area contributed by atoms with Gasteiger partial charge in [-0.25, -0.2) is 0 Å². The Kier molecular flexibility index (Phi) is 6.29. The summed E-state index contributed by atoms with van der Waals surface area (Å²) in [6.45, 7) is 2.28. The number of aryl methyl sites for hydroxylation is 1. The molecule has 0 saturated heterocycles. The zero-order chi connectivity index (χ0) is 16.6. The second-order valence-electron chi connectivity index (χ2n) is 7.03. The molecule has 0 aliphatic carbocycles. The molecule has 0 unspecified atom stereocenters. The van der Waals surface area contributed by atoms with E-state index >= 15 is 0 Å².